The Morgan fingerprint density at radius 3 is 2.14 bits per heavy atom. The number of benzene rings is 1. The maximum atomic E-state index is 13.2. The molecule has 0 amide bonds. The molecule has 0 saturated heterocycles. The second-order valence-corrected chi connectivity index (χ2v) is 12.1. The molecule has 0 fully saturated rings. The number of hydrogen-bond donors (Lipinski definition) is 1. The van der Waals surface area contributed by atoms with Crippen molar-refractivity contribution in [2.75, 3.05) is 33.0 Å². The smallest absolute Gasteiger partial charge is 0.243 e. The molecule has 1 N–H and O–H groups in total. The van der Waals surface area contributed by atoms with E-state index in [-0.39, 0.29) is 16.2 Å². The molecule has 1 aromatic carbocycles. The topological polar surface area (TPSA) is 92.8 Å². The molecule has 0 saturated carbocycles. The summed E-state index contributed by atoms with van der Waals surface area (Å²) in [6.07, 6.45) is 2.46. The van der Waals surface area contributed by atoms with Crippen LogP contribution in [0.1, 0.15) is 40.5 Å². The number of methoxy groups -OCH3 is 1. The molecule has 0 aliphatic heterocycles. The van der Waals surface area contributed by atoms with Gasteiger partial charge in [0.2, 0.25) is 20.0 Å². The van der Waals surface area contributed by atoms with Crippen molar-refractivity contribution in [1.29, 1.82) is 0 Å². The van der Waals surface area contributed by atoms with Gasteiger partial charge in [-0.1, -0.05) is 27.7 Å². The number of nitrogens with zero attached hydrogens (tertiary/aromatic N) is 1. The second-order valence-electron chi connectivity index (χ2n) is 8.30. The predicted octanol–water partition coefficient (Wildman–Crippen LogP) is 2.70. The van der Waals surface area contributed by atoms with Crippen molar-refractivity contribution in [1.82, 2.24) is 9.03 Å². The number of ether oxygens (including phenoxy) is 1. The fourth-order valence-corrected chi connectivity index (χ4v) is 5.24. The maximum absolute atomic E-state index is 13.2. The van der Waals surface area contributed by atoms with Gasteiger partial charge >= 0.3 is 0 Å². The van der Waals surface area contributed by atoms with Crippen LogP contribution in [0.4, 0.5) is 0 Å². The minimum atomic E-state index is -3.64. The van der Waals surface area contributed by atoms with Gasteiger partial charge in [-0.15, -0.1) is 0 Å². The largest absolute Gasteiger partial charge is 0.497 e. The normalized spacial score (nSPS) is 13.3. The molecule has 0 aliphatic rings. The molecule has 0 bridgehead atoms. The van der Waals surface area contributed by atoms with Gasteiger partial charge in [0.1, 0.15) is 5.75 Å². The average Bonchev–Trinajstić information content (AvgIpc) is 2.57. The highest BCUT2D eigenvalue weighted by atomic mass is 32.2. The van der Waals surface area contributed by atoms with E-state index < -0.39 is 20.0 Å². The van der Waals surface area contributed by atoms with Crippen molar-refractivity contribution in [2.24, 2.45) is 11.3 Å². The van der Waals surface area contributed by atoms with E-state index in [1.807, 2.05) is 27.7 Å². The summed E-state index contributed by atoms with van der Waals surface area (Å²) in [6.45, 7) is 9.10. The summed E-state index contributed by atoms with van der Waals surface area (Å²) in [4.78, 5) is 0.239. The molecule has 0 spiro atoms. The molecule has 28 heavy (non-hydrogen) atoms. The molecule has 0 atom stereocenters. The SMILES string of the molecule is COc1ccc(S(=O)(=O)N(CC(C)C)CC(C)(C)CCCNS(C)(=O)=O)cc1. The van der Waals surface area contributed by atoms with E-state index in [1.165, 1.54) is 11.4 Å². The average molecular weight is 435 g/mol. The van der Waals surface area contributed by atoms with E-state index >= 15 is 0 Å². The fourth-order valence-electron chi connectivity index (χ4n) is 2.93. The first-order chi connectivity index (χ1) is 12.8. The lowest BCUT2D eigenvalue weighted by Gasteiger charge is -2.33. The van der Waals surface area contributed by atoms with Crippen molar-refractivity contribution < 1.29 is 21.6 Å². The molecule has 162 valence electrons. The first kappa shape index (κ1) is 24.9. The Kier molecular flexibility index (Phi) is 8.92. The van der Waals surface area contributed by atoms with Crippen LogP contribution in [0.25, 0.3) is 0 Å². The number of hydrogen-bond acceptors (Lipinski definition) is 5. The van der Waals surface area contributed by atoms with E-state index in [9.17, 15) is 16.8 Å². The van der Waals surface area contributed by atoms with Gasteiger partial charge in [-0.25, -0.2) is 21.6 Å². The lowest BCUT2D eigenvalue weighted by atomic mass is 9.87. The van der Waals surface area contributed by atoms with Crippen LogP contribution < -0.4 is 9.46 Å². The summed E-state index contributed by atoms with van der Waals surface area (Å²) < 4.78 is 57.9. The highest BCUT2D eigenvalue weighted by Gasteiger charge is 2.31. The number of sulfonamides is 2. The van der Waals surface area contributed by atoms with E-state index in [4.69, 9.17) is 4.74 Å². The van der Waals surface area contributed by atoms with Crippen molar-refractivity contribution in [2.45, 2.75) is 45.4 Å². The first-order valence-corrected chi connectivity index (χ1v) is 12.7. The van der Waals surface area contributed by atoms with Gasteiger partial charge in [0, 0.05) is 19.6 Å². The molecule has 0 aromatic heterocycles. The molecule has 0 heterocycles. The molecule has 7 nitrogen and oxygen atoms in total. The highest BCUT2D eigenvalue weighted by Crippen LogP contribution is 2.28. The highest BCUT2D eigenvalue weighted by molar-refractivity contribution is 7.89. The lowest BCUT2D eigenvalue weighted by molar-refractivity contribution is 0.226. The zero-order chi connectivity index (χ0) is 21.6. The Labute approximate surface area is 170 Å². The van der Waals surface area contributed by atoms with Crippen LogP contribution >= 0.6 is 0 Å². The van der Waals surface area contributed by atoms with E-state index in [1.54, 1.807) is 24.3 Å². The summed E-state index contributed by atoms with van der Waals surface area (Å²) in [6, 6.07) is 6.40. The van der Waals surface area contributed by atoms with Crippen LogP contribution in [0, 0.1) is 11.3 Å². The van der Waals surface area contributed by atoms with Gasteiger partial charge in [0.25, 0.3) is 0 Å². The van der Waals surface area contributed by atoms with Crippen LogP contribution in [0.2, 0.25) is 0 Å². The summed E-state index contributed by atoms with van der Waals surface area (Å²) in [5.41, 5.74) is -0.298. The minimum absolute atomic E-state index is 0.177. The standard InChI is InChI=1S/C19H34N2O5S2/c1-16(2)14-21(15-19(3,4)12-7-13-20-27(6,22)23)28(24,25)18-10-8-17(26-5)9-11-18/h8-11,16,20H,7,12-15H2,1-6H3. The van der Waals surface area contributed by atoms with E-state index in [2.05, 4.69) is 4.72 Å². The predicted molar refractivity (Wildman–Crippen MR) is 112 cm³/mol. The molecule has 0 radical (unpaired) electrons. The molecule has 9 heteroatoms. The molecule has 1 rings (SSSR count). The zero-order valence-electron chi connectivity index (χ0n) is 17.7. The van der Waals surface area contributed by atoms with Gasteiger partial charge in [0.05, 0.1) is 18.3 Å². The van der Waals surface area contributed by atoms with Crippen molar-refractivity contribution >= 4 is 20.0 Å². The molecule has 0 aliphatic carbocycles. The van der Waals surface area contributed by atoms with Gasteiger partial charge in [-0.3, -0.25) is 0 Å². The van der Waals surface area contributed by atoms with Crippen molar-refractivity contribution in [3.05, 3.63) is 24.3 Å². The summed E-state index contributed by atoms with van der Waals surface area (Å²) >= 11 is 0. The molecular weight excluding hydrogens is 400 g/mol. The van der Waals surface area contributed by atoms with Crippen LogP contribution in [-0.2, 0) is 20.0 Å². The third kappa shape index (κ3) is 8.46. The minimum Gasteiger partial charge on any atom is -0.497 e. The number of nitrogens with one attached hydrogen (secondary N) is 1. The van der Waals surface area contributed by atoms with Crippen LogP contribution in [-0.4, -0.2) is 54.1 Å². The number of rotatable bonds is 12. The van der Waals surface area contributed by atoms with Gasteiger partial charge in [-0.2, -0.15) is 4.31 Å². The Hall–Kier alpha value is -1.16. The van der Waals surface area contributed by atoms with Crippen molar-refractivity contribution in [3.63, 3.8) is 0 Å². The molecular formula is C19H34N2O5S2. The summed E-state index contributed by atoms with van der Waals surface area (Å²) in [5.74, 6) is 0.781. The van der Waals surface area contributed by atoms with Crippen LogP contribution in [0.5, 0.6) is 5.75 Å². The van der Waals surface area contributed by atoms with Crippen LogP contribution in [0.3, 0.4) is 0 Å². The summed E-state index contributed by atoms with van der Waals surface area (Å²) in [5, 5.41) is 0. The summed E-state index contributed by atoms with van der Waals surface area (Å²) in [7, 11) is -5.32. The zero-order valence-corrected chi connectivity index (χ0v) is 19.4. The van der Waals surface area contributed by atoms with Gasteiger partial charge < -0.3 is 4.74 Å². The maximum Gasteiger partial charge on any atom is 0.243 e. The third-order valence-corrected chi connectivity index (χ3v) is 6.82. The quantitative estimate of drug-likeness (QED) is 0.511. The lowest BCUT2D eigenvalue weighted by Crippen LogP contribution is -2.41. The Balaban J connectivity index is 2.93. The Morgan fingerprint density at radius 2 is 1.68 bits per heavy atom. The monoisotopic (exact) mass is 434 g/mol. The Bertz CT molecular complexity index is 816. The fraction of sp³-hybridized carbons (Fsp3) is 0.684. The van der Waals surface area contributed by atoms with E-state index in [0.717, 1.165) is 6.26 Å². The van der Waals surface area contributed by atoms with Gasteiger partial charge in [0.15, 0.2) is 0 Å². The third-order valence-electron chi connectivity index (χ3n) is 4.26. The van der Waals surface area contributed by atoms with E-state index in [0.29, 0.717) is 38.2 Å². The van der Waals surface area contributed by atoms with Crippen LogP contribution in [0.15, 0.2) is 29.2 Å². The second kappa shape index (κ2) is 10.0. The van der Waals surface area contributed by atoms with Crippen molar-refractivity contribution in [3.8, 4) is 5.75 Å². The molecule has 1 aromatic rings. The molecule has 0 unspecified atom stereocenters. The first-order valence-electron chi connectivity index (χ1n) is 9.36. The van der Waals surface area contributed by atoms with Gasteiger partial charge in [-0.05, 0) is 48.4 Å². The Morgan fingerprint density at radius 1 is 1.11 bits per heavy atom.